The highest BCUT2D eigenvalue weighted by Crippen LogP contribution is 2.45. The number of halogens is 1. The summed E-state index contributed by atoms with van der Waals surface area (Å²) in [6.45, 7) is 3.89. The van der Waals surface area contributed by atoms with Gasteiger partial charge in [0.2, 0.25) is 11.6 Å². The summed E-state index contributed by atoms with van der Waals surface area (Å²) in [5.74, 6) is -1.36. The monoisotopic (exact) mass is 440 g/mol. The Kier molecular flexibility index (Phi) is 5.62. The van der Waals surface area contributed by atoms with Crippen molar-refractivity contribution >= 4 is 23.5 Å². The number of para-hydroxylation sites is 1. The van der Waals surface area contributed by atoms with E-state index in [0.717, 1.165) is 0 Å². The first-order valence-electron chi connectivity index (χ1n) is 10.5. The van der Waals surface area contributed by atoms with Crippen LogP contribution in [-0.4, -0.2) is 42.0 Å². The van der Waals surface area contributed by atoms with Crippen LogP contribution in [0.4, 0.5) is 10.1 Å². The Bertz CT molecular complexity index is 1090. The van der Waals surface area contributed by atoms with Crippen LogP contribution in [0, 0.1) is 11.7 Å². The Balaban J connectivity index is 1.75. The third-order valence-corrected chi connectivity index (χ3v) is 5.85. The van der Waals surface area contributed by atoms with Gasteiger partial charge in [-0.1, -0.05) is 26.0 Å². The van der Waals surface area contributed by atoms with Crippen LogP contribution in [0.1, 0.15) is 42.6 Å². The second-order valence-electron chi connectivity index (χ2n) is 8.40. The van der Waals surface area contributed by atoms with Crippen LogP contribution in [-0.2, 0) is 20.9 Å². The van der Waals surface area contributed by atoms with Gasteiger partial charge in [0.25, 0.3) is 5.91 Å². The van der Waals surface area contributed by atoms with E-state index in [4.69, 9.17) is 9.47 Å². The van der Waals surface area contributed by atoms with Crippen molar-refractivity contribution in [2.45, 2.75) is 39.0 Å². The summed E-state index contributed by atoms with van der Waals surface area (Å²) >= 11 is 0. The third kappa shape index (κ3) is 3.39. The SMILES string of the molecule is COc1ccc(F)cc1COC(=O)[C@@]12CCC(=O)N1c1ccccc1C(=O)N2CC(C)C. The maximum Gasteiger partial charge on any atom is 0.354 e. The van der Waals surface area contributed by atoms with Gasteiger partial charge >= 0.3 is 5.97 Å². The Morgan fingerprint density at radius 1 is 1.19 bits per heavy atom. The second-order valence-corrected chi connectivity index (χ2v) is 8.40. The van der Waals surface area contributed by atoms with Crippen LogP contribution in [0.5, 0.6) is 5.75 Å². The van der Waals surface area contributed by atoms with Crippen molar-refractivity contribution < 1.29 is 28.2 Å². The van der Waals surface area contributed by atoms with Gasteiger partial charge < -0.3 is 14.4 Å². The molecule has 0 radical (unpaired) electrons. The van der Waals surface area contributed by atoms with Crippen molar-refractivity contribution in [3.05, 3.63) is 59.4 Å². The van der Waals surface area contributed by atoms with Gasteiger partial charge in [0.15, 0.2) is 0 Å². The Labute approximate surface area is 185 Å². The largest absolute Gasteiger partial charge is 0.496 e. The average molecular weight is 440 g/mol. The predicted molar refractivity (Wildman–Crippen MR) is 115 cm³/mol. The fourth-order valence-corrected chi connectivity index (χ4v) is 4.48. The van der Waals surface area contributed by atoms with E-state index in [1.54, 1.807) is 24.3 Å². The minimum atomic E-state index is -1.58. The maximum absolute atomic E-state index is 13.7. The molecule has 7 nitrogen and oxygen atoms in total. The molecule has 2 heterocycles. The van der Waals surface area contributed by atoms with E-state index in [0.29, 0.717) is 22.6 Å². The van der Waals surface area contributed by atoms with E-state index >= 15 is 0 Å². The van der Waals surface area contributed by atoms with Crippen LogP contribution in [0.15, 0.2) is 42.5 Å². The molecule has 0 unspecified atom stereocenters. The number of anilines is 1. The number of methoxy groups -OCH3 is 1. The molecule has 0 N–H and O–H groups in total. The standard InChI is InChI=1S/C24H25FN2O5/c1-15(2)13-26-22(29)18-6-4-5-7-19(18)27-21(28)10-11-24(26,27)23(30)32-14-16-12-17(25)8-9-20(16)31-3/h4-9,12,15H,10-11,13-14H2,1-3H3/t24-/m1/s1. The number of hydrogen-bond acceptors (Lipinski definition) is 5. The number of nitrogens with zero attached hydrogens (tertiary/aromatic N) is 2. The van der Waals surface area contributed by atoms with Gasteiger partial charge in [-0.05, 0) is 36.2 Å². The first-order valence-corrected chi connectivity index (χ1v) is 10.5. The van der Waals surface area contributed by atoms with Crippen LogP contribution >= 0.6 is 0 Å². The van der Waals surface area contributed by atoms with Crippen LogP contribution in [0.2, 0.25) is 0 Å². The topological polar surface area (TPSA) is 76.1 Å². The molecular formula is C24H25FN2O5. The van der Waals surface area contributed by atoms with Crippen molar-refractivity contribution in [2.75, 3.05) is 18.6 Å². The Morgan fingerprint density at radius 3 is 2.66 bits per heavy atom. The minimum Gasteiger partial charge on any atom is -0.496 e. The summed E-state index contributed by atoms with van der Waals surface area (Å²) in [7, 11) is 1.44. The quantitative estimate of drug-likeness (QED) is 0.643. The maximum atomic E-state index is 13.7. The number of rotatable bonds is 6. The van der Waals surface area contributed by atoms with Gasteiger partial charge in [-0.3, -0.25) is 14.5 Å². The zero-order valence-corrected chi connectivity index (χ0v) is 18.3. The molecule has 4 rings (SSSR count). The van der Waals surface area contributed by atoms with E-state index in [1.807, 2.05) is 13.8 Å². The molecule has 32 heavy (non-hydrogen) atoms. The summed E-state index contributed by atoms with van der Waals surface area (Å²) in [4.78, 5) is 42.9. The molecule has 1 saturated heterocycles. The van der Waals surface area contributed by atoms with E-state index in [-0.39, 0.29) is 43.7 Å². The molecule has 2 aliphatic rings. The number of hydrogen-bond donors (Lipinski definition) is 0. The lowest BCUT2D eigenvalue weighted by Gasteiger charge is -2.48. The molecular weight excluding hydrogens is 415 g/mol. The van der Waals surface area contributed by atoms with Gasteiger partial charge in [0, 0.05) is 24.9 Å². The van der Waals surface area contributed by atoms with Crippen molar-refractivity contribution in [1.82, 2.24) is 4.90 Å². The van der Waals surface area contributed by atoms with E-state index in [9.17, 15) is 18.8 Å². The molecule has 0 aliphatic carbocycles. The minimum absolute atomic E-state index is 0.0507. The van der Waals surface area contributed by atoms with E-state index in [2.05, 4.69) is 0 Å². The fraction of sp³-hybridized carbons (Fsp3) is 0.375. The first-order chi connectivity index (χ1) is 15.3. The molecule has 2 aromatic carbocycles. The smallest absolute Gasteiger partial charge is 0.354 e. The number of benzene rings is 2. The lowest BCUT2D eigenvalue weighted by Crippen LogP contribution is -2.69. The zero-order valence-electron chi connectivity index (χ0n) is 18.3. The summed E-state index contributed by atoms with van der Waals surface area (Å²) in [5, 5.41) is 0. The van der Waals surface area contributed by atoms with Crippen molar-refractivity contribution in [2.24, 2.45) is 5.92 Å². The second kappa shape index (κ2) is 8.26. The normalized spacial score (nSPS) is 19.8. The van der Waals surface area contributed by atoms with Gasteiger partial charge in [0.05, 0.1) is 18.4 Å². The Morgan fingerprint density at radius 2 is 1.94 bits per heavy atom. The third-order valence-electron chi connectivity index (χ3n) is 5.85. The van der Waals surface area contributed by atoms with Crippen molar-refractivity contribution in [3.63, 3.8) is 0 Å². The number of carbonyl (C=O) groups excluding carboxylic acids is 3. The molecule has 168 valence electrons. The average Bonchev–Trinajstić information content (AvgIpc) is 3.13. The predicted octanol–water partition coefficient (Wildman–Crippen LogP) is 3.51. The van der Waals surface area contributed by atoms with Gasteiger partial charge in [-0.15, -0.1) is 0 Å². The summed E-state index contributed by atoms with van der Waals surface area (Å²) in [5.41, 5.74) is -0.446. The zero-order chi connectivity index (χ0) is 23.0. The number of ether oxygens (including phenoxy) is 2. The van der Waals surface area contributed by atoms with Crippen LogP contribution in [0.25, 0.3) is 0 Å². The summed E-state index contributed by atoms with van der Waals surface area (Å²) in [6.07, 6.45) is 0.229. The lowest BCUT2D eigenvalue weighted by atomic mass is 9.95. The number of amides is 2. The number of fused-ring (bicyclic) bond motifs is 3. The van der Waals surface area contributed by atoms with Gasteiger partial charge in [-0.2, -0.15) is 0 Å². The molecule has 0 bridgehead atoms. The molecule has 8 heteroatoms. The highest BCUT2D eigenvalue weighted by molar-refractivity contribution is 6.15. The first kappa shape index (κ1) is 21.8. The molecule has 2 aliphatic heterocycles. The van der Waals surface area contributed by atoms with E-state index < -0.39 is 17.4 Å². The highest BCUT2D eigenvalue weighted by Gasteiger charge is 2.61. The number of esters is 1. The molecule has 1 fully saturated rings. The van der Waals surface area contributed by atoms with Crippen LogP contribution in [0.3, 0.4) is 0 Å². The summed E-state index contributed by atoms with van der Waals surface area (Å²) in [6, 6.07) is 10.7. The molecule has 0 saturated carbocycles. The highest BCUT2D eigenvalue weighted by atomic mass is 19.1. The fourth-order valence-electron chi connectivity index (χ4n) is 4.48. The molecule has 0 aromatic heterocycles. The molecule has 1 atom stereocenters. The molecule has 2 aromatic rings. The molecule has 0 spiro atoms. The number of carbonyl (C=O) groups is 3. The van der Waals surface area contributed by atoms with Crippen LogP contribution < -0.4 is 9.64 Å². The van der Waals surface area contributed by atoms with Gasteiger partial charge in [-0.25, -0.2) is 9.18 Å². The lowest BCUT2D eigenvalue weighted by molar-refractivity contribution is -0.159. The van der Waals surface area contributed by atoms with E-state index in [1.165, 1.54) is 35.1 Å². The Hall–Kier alpha value is -3.42. The summed E-state index contributed by atoms with van der Waals surface area (Å²) < 4.78 is 24.6. The van der Waals surface area contributed by atoms with Gasteiger partial charge in [0.1, 0.15) is 18.2 Å². The van der Waals surface area contributed by atoms with Crippen molar-refractivity contribution in [3.8, 4) is 5.75 Å². The molecule has 2 amide bonds. The van der Waals surface area contributed by atoms with Crippen molar-refractivity contribution in [1.29, 1.82) is 0 Å².